The Morgan fingerprint density at radius 1 is 1.50 bits per heavy atom. The van der Waals surface area contributed by atoms with Gasteiger partial charge in [0.15, 0.2) is 0 Å². The third-order valence-electron chi connectivity index (χ3n) is 1.35. The molecule has 0 rings (SSSR count). The van der Waals surface area contributed by atoms with Crippen LogP contribution in [0.3, 0.4) is 0 Å². The zero-order valence-corrected chi connectivity index (χ0v) is 6.51. The van der Waals surface area contributed by atoms with E-state index in [1.165, 1.54) is 0 Å². The summed E-state index contributed by atoms with van der Waals surface area (Å²) in [5.74, 6) is 0. The molecule has 0 aromatic heterocycles. The van der Waals surface area contributed by atoms with Crippen LogP contribution in [0.25, 0.3) is 0 Å². The highest BCUT2D eigenvalue weighted by Gasteiger charge is 1.94. The van der Waals surface area contributed by atoms with E-state index in [-0.39, 0.29) is 0 Å². The van der Waals surface area contributed by atoms with Crippen LogP contribution in [0, 0.1) is 11.3 Å². The third kappa shape index (κ3) is 5.54. The molecule has 3 heteroatoms. The fourth-order valence-electron chi connectivity index (χ4n) is 0.714. The number of hydrogen-bond acceptors (Lipinski definition) is 3. The molecule has 0 aliphatic rings. The minimum atomic E-state index is 0.612. The predicted molar refractivity (Wildman–Crippen MR) is 41.4 cm³/mol. The summed E-state index contributed by atoms with van der Waals surface area (Å²) in [6.07, 6.45) is 1.63. The highest BCUT2D eigenvalue weighted by molar-refractivity contribution is 4.70. The fourth-order valence-corrected chi connectivity index (χ4v) is 0.714. The van der Waals surface area contributed by atoms with Gasteiger partial charge in [-0.25, -0.2) is 0 Å². The van der Waals surface area contributed by atoms with Crippen molar-refractivity contribution in [2.45, 2.75) is 12.8 Å². The molecular weight excluding hydrogens is 126 g/mol. The Balaban J connectivity index is 3.10. The first-order valence-electron chi connectivity index (χ1n) is 3.57. The quantitative estimate of drug-likeness (QED) is 0.594. The average molecular weight is 141 g/mol. The maximum absolute atomic E-state index is 8.24. The van der Waals surface area contributed by atoms with Crippen molar-refractivity contribution in [3.63, 3.8) is 0 Å². The lowest BCUT2D eigenvalue weighted by atomic mass is 10.3. The molecule has 0 amide bonds. The topological polar surface area (TPSA) is 53.0 Å². The summed E-state index contributed by atoms with van der Waals surface area (Å²) in [5, 5.41) is 8.24. The Hall–Kier alpha value is -0.590. The maximum atomic E-state index is 8.24. The van der Waals surface area contributed by atoms with Gasteiger partial charge >= 0.3 is 0 Å². The van der Waals surface area contributed by atoms with Gasteiger partial charge in [-0.15, -0.1) is 0 Å². The Morgan fingerprint density at radius 2 is 2.20 bits per heavy atom. The molecule has 10 heavy (non-hydrogen) atoms. The number of nitriles is 1. The van der Waals surface area contributed by atoms with Crippen LogP contribution < -0.4 is 5.73 Å². The van der Waals surface area contributed by atoms with E-state index >= 15 is 0 Å². The smallest absolute Gasteiger partial charge is 0.0635 e. The van der Waals surface area contributed by atoms with Gasteiger partial charge in [-0.1, -0.05) is 0 Å². The first-order chi connectivity index (χ1) is 4.81. The maximum Gasteiger partial charge on any atom is 0.0635 e. The Labute approximate surface area is 62.4 Å². The van der Waals surface area contributed by atoms with Gasteiger partial charge in [0.1, 0.15) is 0 Å². The molecular formula is C7H15N3. The average Bonchev–Trinajstić information content (AvgIpc) is 1.97. The lowest BCUT2D eigenvalue weighted by Crippen LogP contribution is -2.22. The third-order valence-corrected chi connectivity index (χ3v) is 1.35. The summed E-state index contributed by atoms with van der Waals surface area (Å²) in [6, 6.07) is 2.10. The summed E-state index contributed by atoms with van der Waals surface area (Å²) < 4.78 is 0. The first-order valence-corrected chi connectivity index (χ1v) is 3.57. The van der Waals surface area contributed by atoms with Crippen molar-refractivity contribution < 1.29 is 0 Å². The highest BCUT2D eigenvalue weighted by atomic mass is 15.1. The van der Waals surface area contributed by atoms with Crippen LogP contribution in [0.5, 0.6) is 0 Å². The van der Waals surface area contributed by atoms with Gasteiger partial charge in [0.2, 0.25) is 0 Å². The number of hydrogen-bond donors (Lipinski definition) is 1. The van der Waals surface area contributed by atoms with Crippen LogP contribution in [0.4, 0.5) is 0 Å². The molecule has 0 aliphatic carbocycles. The van der Waals surface area contributed by atoms with Crippen LogP contribution in [0.1, 0.15) is 12.8 Å². The van der Waals surface area contributed by atoms with Crippen LogP contribution in [-0.4, -0.2) is 31.6 Å². The number of nitrogens with zero attached hydrogens (tertiary/aromatic N) is 2. The van der Waals surface area contributed by atoms with E-state index in [9.17, 15) is 0 Å². The molecule has 0 atom stereocenters. The number of rotatable bonds is 5. The molecule has 3 nitrogen and oxygen atoms in total. The summed E-state index contributed by atoms with van der Waals surface area (Å²) in [5.41, 5.74) is 5.31. The van der Waals surface area contributed by atoms with Crippen molar-refractivity contribution in [3.8, 4) is 6.07 Å². The normalized spacial score (nSPS) is 9.80. The van der Waals surface area contributed by atoms with E-state index in [1.807, 2.05) is 7.05 Å². The molecule has 0 saturated heterocycles. The lowest BCUT2D eigenvalue weighted by Gasteiger charge is -2.12. The molecule has 0 aromatic rings. The standard InChI is InChI=1S/C7H15N3/c1-10(6-2-4-8)7-3-5-9/h2-4,6-8H2,1H3. The molecule has 0 bridgehead atoms. The second-order valence-electron chi connectivity index (χ2n) is 2.35. The van der Waals surface area contributed by atoms with E-state index in [1.54, 1.807) is 0 Å². The first kappa shape index (κ1) is 9.41. The van der Waals surface area contributed by atoms with Gasteiger partial charge in [-0.2, -0.15) is 5.26 Å². The van der Waals surface area contributed by atoms with E-state index in [2.05, 4.69) is 11.0 Å². The van der Waals surface area contributed by atoms with Crippen molar-refractivity contribution in [1.29, 1.82) is 5.26 Å². The highest BCUT2D eigenvalue weighted by Crippen LogP contribution is 1.87. The molecule has 0 aliphatic heterocycles. The Morgan fingerprint density at radius 3 is 2.70 bits per heavy atom. The largest absolute Gasteiger partial charge is 0.330 e. The van der Waals surface area contributed by atoms with Gasteiger partial charge < -0.3 is 10.6 Å². The van der Waals surface area contributed by atoms with E-state index < -0.39 is 0 Å². The van der Waals surface area contributed by atoms with Crippen molar-refractivity contribution in [2.75, 3.05) is 26.7 Å². The molecule has 0 aromatic carbocycles. The SMILES string of the molecule is CN(CCC#N)CCCN. The zero-order valence-electron chi connectivity index (χ0n) is 6.51. The number of nitrogens with two attached hydrogens (primary N) is 1. The van der Waals surface area contributed by atoms with Crippen LogP contribution in [0.2, 0.25) is 0 Å². The molecule has 0 spiro atoms. The van der Waals surface area contributed by atoms with E-state index in [0.29, 0.717) is 6.42 Å². The van der Waals surface area contributed by atoms with Crippen LogP contribution in [-0.2, 0) is 0 Å². The summed E-state index contributed by atoms with van der Waals surface area (Å²) in [6.45, 7) is 2.59. The van der Waals surface area contributed by atoms with Crippen molar-refractivity contribution >= 4 is 0 Å². The van der Waals surface area contributed by atoms with E-state index in [0.717, 1.165) is 26.1 Å². The van der Waals surface area contributed by atoms with Crippen LogP contribution >= 0.6 is 0 Å². The lowest BCUT2D eigenvalue weighted by molar-refractivity contribution is 0.339. The van der Waals surface area contributed by atoms with Crippen molar-refractivity contribution in [3.05, 3.63) is 0 Å². The monoisotopic (exact) mass is 141 g/mol. The second-order valence-corrected chi connectivity index (χ2v) is 2.35. The zero-order chi connectivity index (χ0) is 7.82. The minimum Gasteiger partial charge on any atom is -0.330 e. The molecule has 0 unspecified atom stereocenters. The molecule has 58 valence electrons. The van der Waals surface area contributed by atoms with Gasteiger partial charge in [-0.3, -0.25) is 0 Å². The van der Waals surface area contributed by atoms with Gasteiger partial charge in [-0.05, 0) is 26.6 Å². The fraction of sp³-hybridized carbons (Fsp3) is 0.857. The second kappa shape index (κ2) is 6.53. The molecule has 2 N–H and O–H groups in total. The van der Waals surface area contributed by atoms with Gasteiger partial charge in [0, 0.05) is 13.0 Å². The van der Waals surface area contributed by atoms with E-state index in [4.69, 9.17) is 11.0 Å². The van der Waals surface area contributed by atoms with Crippen molar-refractivity contribution in [2.24, 2.45) is 5.73 Å². The Bertz CT molecular complexity index is 106. The Kier molecular flexibility index (Phi) is 6.14. The summed E-state index contributed by atoms with van der Waals surface area (Å²) in [7, 11) is 2.01. The van der Waals surface area contributed by atoms with Gasteiger partial charge in [0.25, 0.3) is 0 Å². The molecule has 0 fully saturated rings. The predicted octanol–water partition coefficient (Wildman–Crippen LogP) is 0.181. The molecule has 0 radical (unpaired) electrons. The van der Waals surface area contributed by atoms with Crippen molar-refractivity contribution in [1.82, 2.24) is 4.90 Å². The van der Waals surface area contributed by atoms with Crippen LogP contribution in [0.15, 0.2) is 0 Å². The minimum absolute atomic E-state index is 0.612. The van der Waals surface area contributed by atoms with Gasteiger partial charge in [0.05, 0.1) is 6.07 Å². The summed E-state index contributed by atoms with van der Waals surface area (Å²) >= 11 is 0. The molecule has 0 saturated carbocycles. The summed E-state index contributed by atoms with van der Waals surface area (Å²) in [4.78, 5) is 2.12. The molecule has 0 heterocycles.